The maximum atomic E-state index is 4.69. The van der Waals surface area contributed by atoms with Crippen molar-refractivity contribution >= 4 is 27.5 Å². The molecule has 0 saturated carbocycles. The summed E-state index contributed by atoms with van der Waals surface area (Å²) in [6.07, 6.45) is 7.78. The Morgan fingerprint density at radius 3 is 2.29 bits per heavy atom. The predicted molar refractivity (Wildman–Crippen MR) is 124 cm³/mol. The first-order chi connectivity index (χ1) is 15.4. The van der Waals surface area contributed by atoms with Crippen LogP contribution in [0.15, 0.2) is 79.3 Å². The van der Waals surface area contributed by atoms with Gasteiger partial charge in [0.05, 0.1) is 0 Å². The van der Waals surface area contributed by atoms with Crippen LogP contribution in [0.4, 0.5) is 0 Å². The monoisotopic (exact) mass is 395 g/mol. The largest absolute Gasteiger partial charge is 0.283 e. The minimum atomic E-state index is 0.967. The molecule has 0 aliphatic heterocycles. The molecular formula is C28H17N3. The Hall–Kier alpha value is -3.98. The van der Waals surface area contributed by atoms with E-state index >= 15 is 0 Å². The standard InChI is InChI=1S/C28H17N3/c1-2-5-18-16(4-1)12-23-19(18)7-8-20-22-15-26-25(14-17(22)13-24(20)23)21-6-3-9-29-27(21)31-11-10-30-28(26)31/h1-11,14-15H,12-13H2. The zero-order valence-corrected chi connectivity index (χ0v) is 16.8. The van der Waals surface area contributed by atoms with Crippen LogP contribution in [0.1, 0.15) is 22.3 Å². The fourth-order valence-electron chi connectivity index (χ4n) is 5.84. The van der Waals surface area contributed by atoms with Gasteiger partial charge in [-0.1, -0.05) is 36.4 Å². The number of nitrogens with zero attached hydrogens (tertiary/aromatic N) is 3. The minimum Gasteiger partial charge on any atom is -0.283 e. The van der Waals surface area contributed by atoms with Crippen molar-refractivity contribution < 1.29 is 0 Å². The van der Waals surface area contributed by atoms with E-state index in [4.69, 9.17) is 0 Å². The van der Waals surface area contributed by atoms with Crippen molar-refractivity contribution in [1.29, 1.82) is 0 Å². The van der Waals surface area contributed by atoms with Crippen LogP contribution in [0.25, 0.3) is 49.7 Å². The zero-order chi connectivity index (χ0) is 20.1. The van der Waals surface area contributed by atoms with E-state index in [2.05, 4.69) is 69.0 Å². The molecule has 6 aromatic rings. The van der Waals surface area contributed by atoms with Gasteiger partial charge in [-0.15, -0.1) is 0 Å². The quantitative estimate of drug-likeness (QED) is 0.287. The summed E-state index contributed by atoms with van der Waals surface area (Å²) in [6.45, 7) is 0. The van der Waals surface area contributed by atoms with Crippen LogP contribution in [0.2, 0.25) is 0 Å². The molecule has 0 atom stereocenters. The molecule has 144 valence electrons. The molecule has 0 N–H and O–H groups in total. The SMILES string of the molecule is c1ccc2c(c1)Cc1c-2ccc2c1Cc1cc3c4cccnc4n4ccnc4c3cc1-2. The lowest BCUT2D eigenvalue weighted by atomic mass is 9.96. The highest BCUT2D eigenvalue weighted by Gasteiger charge is 2.28. The fraction of sp³-hybridized carbons (Fsp3) is 0.0714. The third kappa shape index (κ3) is 1.89. The van der Waals surface area contributed by atoms with E-state index in [1.54, 1.807) is 0 Å². The highest BCUT2D eigenvalue weighted by Crippen LogP contribution is 2.47. The number of pyridine rings is 2. The first-order valence-electron chi connectivity index (χ1n) is 10.8. The van der Waals surface area contributed by atoms with Crippen molar-refractivity contribution in [3.05, 3.63) is 102 Å². The highest BCUT2D eigenvalue weighted by molar-refractivity contribution is 6.12. The number of rotatable bonds is 0. The molecule has 3 heteroatoms. The normalized spacial score (nSPS) is 13.5. The summed E-state index contributed by atoms with van der Waals surface area (Å²) >= 11 is 0. The Bertz CT molecular complexity index is 1740. The molecule has 0 radical (unpaired) electrons. The van der Waals surface area contributed by atoms with Gasteiger partial charge >= 0.3 is 0 Å². The Labute approximate surface area is 178 Å². The molecule has 0 saturated heterocycles. The summed E-state index contributed by atoms with van der Waals surface area (Å²) < 4.78 is 2.11. The molecule has 0 unspecified atom stereocenters. The number of hydrogen-bond acceptors (Lipinski definition) is 2. The van der Waals surface area contributed by atoms with Crippen molar-refractivity contribution in [2.24, 2.45) is 0 Å². The molecule has 8 rings (SSSR count). The molecule has 0 bridgehead atoms. The molecule has 31 heavy (non-hydrogen) atoms. The van der Waals surface area contributed by atoms with Gasteiger partial charge in [-0.05, 0) is 87.0 Å². The lowest BCUT2D eigenvalue weighted by Gasteiger charge is -2.10. The number of benzene rings is 3. The van der Waals surface area contributed by atoms with Crippen molar-refractivity contribution in [2.75, 3.05) is 0 Å². The third-order valence-electron chi connectivity index (χ3n) is 7.19. The molecule has 3 aromatic heterocycles. The summed E-state index contributed by atoms with van der Waals surface area (Å²) in [5.41, 5.74) is 13.4. The van der Waals surface area contributed by atoms with Crippen LogP contribution in [0, 0.1) is 0 Å². The fourth-order valence-corrected chi connectivity index (χ4v) is 5.84. The van der Waals surface area contributed by atoms with Gasteiger partial charge in [0.25, 0.3) is 0 Å². The number of aromatic nitrogens is 3. The molecular weight excluding hydrogens is 378 g/mol. The van der Waals surface area contributed by atoms with Gasteiger partial charge in [-0.2, -0.15) is 0 Å². The van der Waals surface area contributed by atoms with E-state index < -0.39 is 0 Å². The van der Waals surface area contributed by atoms with E-state index in [9.17, 15) is 0 Å². The second-order valence-corrected chi connectivity index (χ2v) is 8.68. The highest BCUT2D eigenvalue weighted by atomic mass is 15.0. The van der Waals surface area contributed by atoms with Crippen LogP contribution < -0.4 is 0 Å². The summed E-state index contributed by atoms with van der Waals surface area (Å²) in [4.78, 5) is 9.34. The molecule has 0 spiro atoms. The minimum absolute atomic E-state index is 0.967. The molecule has 3 heterocycles. The van der Waals surface area contributed by atoms with E-state index in [0.717, 1.165) is 24.1 Å². The summed E-state index contributed by atoms with van der Waals surface area (Å²) in [6, 6.07) is 22.4. The lowest BCUT2D eigenvalue weighted by Crippen LogP contribution is -1.94. The van der Waals surface area contributed by atoms with Gasteiger partial charge in [0, 0.05) is 29.4 Å². The molecule has 2 aliphatic carbocycles. The second-order valence-electron chi connectivity index (χ2n) is 8.68. The maximum absolute atomic E-state index is 4.69. The van der Waals surface area contributed by atoms with Crippen LogP contribution in [0.3, 0.4) is 0 Å². The van der Waals surface area contributed by atoms with Gasteiger partial charge in [-0.3, -0.25) is 4.40 Å². The zero-order valence-electron chi connectivity index (χ0n) is 16.8. The Morgan fingerprint density at radius 2 is 1.35 bits per heavy atom. The molecule has 0 amide bonds. The van der Waals surface area contributed by atoms with Gasteiger partial charge < -0.3 is 0 Å². The molecule has 2 aliphatic rings. The number of hydrogen-bond donors (Lipinski definition) is 0. The van der Waals surface area contributed by atoms with Gasteiger partial charge in [0.15, 0.2) is 0 Å². The van der Waals surface area contributed by atoms with Gasteiger partial charge in [0.2, 0.25) is 0 Å². The molecule has 3 nitrogen and oxygen atoms in total. The third-order valence-corrected chi connectivity index (χ3v) is 7.19. The molecule has 3 aromatic carbocycles. The van der Waals surface area contributed by atoms with Crippen molar-refractivity contribution in [3.63, 3.8) is 0 Å². The Morgan fingerprint density at radius 1 is 0.581 bits per heavy atom. The summed E-state index contributed by atoms with van der Waals surface area (Å²) in [5.74, 6) is 0. The first kappa shape index (κ1) is 15.8. The van der Waals surface area contributed by atoms with Crippen LogP contribution >= 0.6 is 0 Å². The van der Waals surface area contributed by atoms with E-state index in [-0.39, 0.29) is 0 Å². The van der Waals surface area contributed by atoms with Gasteiger partial charge in [-0.25, -0.2) is 9.97 Å². The molecule has 0 fully saturated rings. The van der Waals surface area contributed by atoms with E-state index in [1.165, 1.54) is 60.7 Å². The van der Waals surface area contributed by atoms with Crippen molar-refractivity contribution in [3.8, 4) is 22.3 Å². The van der Waals surface area contributed by atoms with E-state index in [1.807, 2.05) is 24.7 Å². The van der Waals surface area contributed by atoms with Crippen LogP contribution in [-0.2, 0) is 12.8 Å². The number of imidazole rings is 1. The number of fused-ring (bicyclic) bond motifs is 13. The topological polar surface area (TPSA) is 30.2 Å². The second kappa shape index (κ2) is 5.38. The summed E-state index contributed by atoms with van der Waals surface area (Å²) in [5, 5.41) is 3.62. The summed E-state index contributed by atoms with van der Waals surface area (Å²) in [7, 11) is 0. The van der Waals surface area contributed by atoms with Crippen LogP contribution in [-0.4, -0.2) is 14.4 Å². The Balaban J connectivity index is 1.44. The van der Waals surface area contributed by atoms with Crippen molar-refractivity contribution in [2.45, 2.75) is 12.8 Å². The maximum Gasteiger partial charge on any atom is 0.146 e. The van der Waals surface area contributed by atoms with E-state index in [0.29, 0.717) is 0 Å². The van der Waals surface area contributed by atoms with Gasteiger partial charge in [0.1, 0.15) is 11.3 Å². The average molecular weight is 395 g/mol. The van der Waals surface area contributed by atoms with Crippen molar-refractivity contribution in [1.82, 2.24) is 14.4 Å². The smallest absolute Gasteiger partial charge is 0.146 e. The first-order valence-corrected chi connectivity index (χ1v) is 10.8. The average Bonchev–Trinajstić information content (AvgIpc) is 3.53. The Kier molecular flexibility index (Phi) is 2.74. The van der Waals surface area contributed by atoms with Crippen LogP contribution in [0.5, 0.6) is 0 Å². The predicted octanol–water partition coefficient (Wildman–Crippen LogP) is 6.18. The lowest BCUT2D eigenvalue weighted by molar-refractivity contribution is 1.16.